The molecule has 2 atom stereocenters. The maximum absolute atomic E-state index is 13.2. The summed E-state index contributed by atoms with van der Waals surface area (Å²) in [6, 6.07) is 17.8. The van der Waals surface area contributed by atoms with Crippen molar-refractivity contribution >= 4 is 27.3 Å². The highest BCUT2D eigenvalue weighted by Gasteiger charge is 2.47. The first-order valence-electron chi connectivity index (χ1n) is 10.2. The Balaban J connectivity index is 1.39. The molecule has 3 aromatic rings. The Labute approximate surface area is 189 Å². The van der Waals surface area contributed by atoms with Crippen molar-refractivity contribution < 1.29 is 26.4 Å². The number of amides is 1. The number of hydrogen-bond donors (Lipinski definition) is 2. The van der Waals surface area contributed by atoms with Crippen LogP contribution in [0.3, 0.4) is 0 Å². The lowest BCUT2D eigenvalue weighted by Gasteiger charge is -2.12. The highest BCUT2D eigenvalue weighted by molar-refractivity contribution is 7.92. The monoisotopic (exact) mass is 474 g/mol. The van der Waals surface area contributed by atoms with Crippen molar-refractivity contribution in [1.29, 1.82) is 0 Å². The van der Waals surface area contributed by atoms with Gasteiger partial charge in [-0.05, 0) is 67.3 Å². The van der Waals surface area contributed by atoms with Gasteiger partial charge in [0.15, 0.2) is 0 Å². The number of carbonyl (C=O) groups excluding carboxylic acids is 1. The number of benzene rings is 3. The Hall–Kier alpha value is -3.33. The molecule has 0 saturated heterocycles. The van der Waals surface area contributed by atoms with Gasteiger partial charge >= 0.3 is 6.18 Å². The van der Waals surface area contributed by atoms with Crippen molar-refractivity contribution in [3.8, 4) is 0 Å². The van der Waals surface area contributed by atoms with Crippen molar-refractivity contribution in [3.05, 3.63) is 89.5 Å². The molecule has 2 N–H and O–H groups in total. The van der Waals surface area contributed by atoms with Crippen molar-refractivity contribution in [3.63, 3.8) is 0 Å². The molecule has 0 spiro atoms. The molecule has 1 saturated carbocycles. The van der Waals surface area contributed by atoms with Crippen LogP contribution in [0.1, 0.15) is 29.0 Å². The maximum atomic E-state index is 13.2. The van der Waals surface area contributed by atoms with Gasteiger partial charge in [0.25, 0.3) is 10.0 Å². The molecule has 1 aliphatic carbocycles. The Kier molecular flexibility index (Phi) is 5.92. The zero-order valence-electron chi connectivity index (χ0n) is 17.6. The van der Waals surface area contributed by atoms with Gasteiger partial charge < -0.3 is 5.32 Å². The lowest BCUT2D eigenvalue weighted by Crippen LogP contribution is -2.16. The van der Waals surface area contributed by atoms with Crippen LogP contribution in [-0.4, -0.2) is 14.3 Å². The quantitative estimate of drug-likeness (QED) is 0.491. The lowest BCUT2D eigenvalue weighted by atomic mass is 10.0. The van der Waals surface area contributed by atoms with Crippen LogP contribution in [0.2, 0.25) is 0 Å². The van der Waals surface area contributed by atoms with Crippen molar-refractivity contribution in [1.82, 2.24) is 0 Å². The first kappa shape index (κ1) is 22.8. The number of halogens is 3. The minimum absolute atomic E-state index is 0.129. The van der Waals surface area contributed by atoms with E-state index in [9.17, 15) is 26.4 Å². The van der Waals surface area contributed by atoms with Crippen LogP contribution in [0, 0.1) is 12.8 Å². The third-order valence-corrected chi connectivity index (χ3v) is 6.93. The number of aryl methyl sites for hydroxylation is 1. The summed E-state index contributed by atoms with van der Waals surface area (Å²) >= 11 is 0. The van der Waals surface area contributed by atoms with Crippen LogP contribution in [-0.2, 0) is 21.0 Å². The fraction of sp³-hybridized carbons (Fsp3) is 0.208. The number of carbonyl (C=O) groups is 1. The molecule has 172 valence electrons. The summed E-state index contributed by atoms with van der Waals surface area (Å²) in [6.07, 6.45) is -4.13. The summed E-state index contributed by atoms with van der Waals surface area (Å²) in [5, 5.41) is 2.69. The highest BCUT2D eigenvalue weighted by Crippen LogP contribution is 2.51. The Morgan fingerprint density at radius 2 is 1.52 bits per heavy atom. The molecule has 33 heavy (non-hydrogen) atoms. The summed E-state index contributed by atoms with van der Waals surface area (Å²) in [4.78, 5) is 12.7. The van der Waals surface area contributed by atoms with E-state index >= 15 is 0 Å². The molecule has 9 heteroatoms. The minimum atomic E-state index is -4.47. The molecule has 1 aliphatic rings. The minimum Gasteiger partial charge on any atom is -0.326 e. The van der Waals surface area contributed by atoms with Crippen LogP contribution >= 0.6 is 0 Å². The largest absolute Gasteiger partial charge is 0.416 e. The Morgan fingerprint density at radius 1 is 0.909 bits per heavy atom. The Morgan fingerprint density at radius 3 is 2.15 bits per heavy atom. The third kappa shape index (κ3) is 5.19. The van der Waals surface area contributed by atoms with E-state index in [0.717, 1.165) is 11.6 Å². The molecule has 0 aromatic heterocycles. The van der Waals surface area contributed by atoms with Gasteiger partial charge in [0.05, 0.1) is 10.5 Å². The van der Waals surface area contributed by atoms with Crippen molar-refractivity contribution in [2.24, 2.45) is 5.92 Å². The SMILES string of the molecule is Cc1ccc(S(=O)(=O)Nc2ccc(NC(=O)C3CC3c3ccccc3C(F)(F)F)cc2)cc1. The second kappa shape index (κ2) is 8.55. The van der Waals surface area contributed by atoms with Gasteiger partial charge in [-0.1, -0.05) is 35.9 Å². The van der Waals surface area contributed by atoms with Gasteiger partial charge in [-0.3, -0.25) is 9.52 Å². The van der Waals surface area contributed by atoms with E-state index in [1.54, 1.807) is 12.1 Å². The molecule has 4 rings (SSSR count). The van der Waals surface area contributed by atoms with Crippen LogP contribution in [0.25, 0.3) is 0 Å². The smallest absolute Gasteiger partial charge is 0.326 e. The zero-order chi connectivity index (χ0) is 23.8. The number of sulfonamides is 1. The molecule has 0 heterocycles. The maximum Gasteiger partial charge on any atom is 0.416 e. The number of anilines is 2. The van der Waals surface area contributed by atoms with E-state index in [-0.39, 0.29) is 16.4 Å². The normalized spacial score (nSPS) is 17.9. The standard InChI is InChI=1S/C24H21F3N2O3S/c1-15-6-12-18(13-7-15)33(31,32)29-17-10-8-16(9-11-17)28-23(30)21-14-20(21)19-4-2-3-5-22(19)24(25,26)27/h2-13,20-21,29H,14H2,1H3,(H,28,30). The third-order valence-electron chi connectivity index (χ3n) is 5.53. The van der Waals surface area contributed by atoms with Crippen LogP contribution in [0.4, 0.5) is 24.5 Å². The molecule has 1 fully saturated rings. The predicted octanol–water partition coefficient (Wildman–Crippen LogP) is 5.56. The fourth-order valence-corrected chi connectivity index (χ4v) is 4.75. The average Bonchev–Trinajstić information content (AvgIpc) is 3.56. The van der Waals surface area contributed by atoms with Gasteiger partial charge in [0, 0.05) is 17.3 Å². The second-order valence-electron chi connectivity index (χ2n) is 8.02. The first-order chi connectivity index (χ1) is 15.5. The molecule has 5 nitrogen and oxygen atoms in total. The number of hydrogen-bond acceptors (Lipinski definition) is 3. The number of rotatable bonds is 6. The second-order valence-corrected chi connectivity index (χ2v) is 9.70. The van der Waals surface area contributed by atoms with Crippen LogP contribution in [0.5, 0.6) is 0 Å². The molecular weight excluding hydrogens is 453 g/mol. The summed E-state index contributed by atoms with van der Waals surface area (Å²) in [7, 11) is -3.75. The van der Waals surface area contributed by atoms with Gasteiger partial charge in [-0.25, -0.2) is 8.42 Å². The summed E-state index contributed by atoms with van der Waals surface area (Å²) in [5.41, 5.74) is 1.10. The lowest BCUT2D eigenvalue weighted by molar-refractivity contribution is -0.138. The van der Waals surface area contributed by atoms with E-state index in [1.807, 2.05) is 6.92 Å². The molecule has 2 unspecified atom stereocenters. The summed E-state index contributed by atoms with van der Waals surface area (Å²) in [6.45, 7) is 1.86. The van der Waals surface area contributed by atoms with E-state index in [1.165, 1.54) is 54.6 Å². The topological polar surface area (TPSA) is 75.3 Å². The summed E-state index contributed by atoms with van der Waals surface area (Å²) in [5.74, 6) is -1.40. The van der Waals surface area contributed by atoms with Crippen molar-refractivity contribution in [2.45, 2.75) is 30.3 Å². The molecule has 0 bridgehead atoms. The van der Waals surface area contributed by atoms with E-state index < -0.39 is 33.6 Å². The van der Waals surface area contributed by atoms with Crippen LogP contribution in [0.15, 0.2) is 77.7 Å². The highest BCUT2D eigenvalue weighted by atomic mass is 32.2. The van der Waals surface area contributed by atoms with E-state index in [4.69, 9.17) is 0 Å². The molecule has 0 radical (unpaired) electrons. The van der Waals surface area contributed by atoms with Gasteiger partial charge in [-0.2, -0.15) is 13.2 Å². The zero-order valence-corrected chi connectivity index (χ0v) is 18.4. The van der Waals surface area contributed by atoms with Gasteiger partial charge in [-0.15, -0.1) is 0 Å². The Bertz CT molecular complexity index is 1270. The van der Waals surface area contributed by atoms with E-state index in [2.05, 4.69) is 10.0 Å². The number of alkyl halides is 3. The first-order valence-corrected chi connectivity index (χ1v) is 11.7. The van der Waals surface area contributed by atoms with Crippen LogP contribution < -0.4 is 10.0 Å². The average molecular weight is 475 g/mol. The van der Waals surface area contributed by atoms with E-state index in [0.29, 0.717) is 17.8 Å². The van der Waals surface area contributed by atoms with Gasteiger partial charge in [0.2, 0.25) is 5.91 Å². The molecular formula is C24H21F3N2O3S. The molecule has 3 aromatic carbocycles. The predicted molar refractivity (Wildman–Crippen MR) is 119 cm³/mol. The number of nitrogens with one attached hydrogen (secondary N) is 2. The molecule has 0 aliphatic heterocycles. The van der Waals surface area contributed by atoms with Gasteiger partial charge in [0.1, 0.15) is 0 Å². The van der Waals surface area contributed by atoms with Crippen molar-refractivity contribution in [2.75, 3.05) is 10.0 Å². The summed E-state index contributed by atoms with van der Waals surface area (Å²) < 4.78 is 67.2. The fourth-order valence-electron chi connectivity index (χ4n) is 3.70. The molecule has 1 amide bonds.